The van der Waals surface area contributed by atoms with Gasteiger partial charge in [0.2, 0.25) is 0 Å². The molecule has 2 N–H and O–H groups in total. The van der Waals surface area contributed by atoms with Gasteiger partial charge in [-0.05, 0) is 38.7 Å². The predicted octanol–water partition coefficient (Wildman–Crippen LogP) is 1.03. The third kappa shape index (κ3) is 4.10. The van der Waals surface area contributed by atoms with Gasteiger partial charge >= 0.3 is 0 Å². The zero-order valence-corrected chi connectivity index (χ0v) is 12.4. The number of aliphatic hydroxyl groups is 1. The highest BCUT2D eigenvalue weighted by molar-refractivity contribution is 5.44. The number of nitrogens with one attached hydrogen (secondary N) is 1. The summed E-state index contributed by atoms with van der Waals surface area (Å²) in [7, 11) is 3.90. The molecule has 0 spiro atoms. The number of aliphatic hydroxyl groups excluding tert-OH is 1. The second-order valence-corrected chi connectivity index (χ2v) is 5.45. The Balaban J connectivity index is 1.90. The Bertz CT molecular complexity index is 437. The van der Waals surface area contributed by atoms with Crippen LogP contribution in [-0.2, 0) is 0 Å². The maximum atomic E-state index is 9.86. The molecule has 0 amide bonds. The zero-order valence-electron chi connectivity index (χ0n) is 12.4. The van der Waals surface area contributed by atoms with E-state index in [1.54, 1.807) is 0 Å². The Kier molecular flexibility index (Phi) is 5.23. The van der Waals surface area contributed by atoms with Gasteiger partial charge in [0.1, 0.15) is 13.2 Å². The van der Waals surface area contributed by atoms with Crippen molar-refractivity contribution in [2.45, 2.75) is 19.1 Å². The van der Waals surface area contributed by atoms with Gasteiger partial charge in [-0.15, -0.1) is 0 Å². The molecule has 1 aromatic rings. The van der Waals surface area contributed by atoms with Gasteiger partial charge in [-0.2, -0.15) is 0 Å². The molecule has 0 bridgehead atoms. The molecule has 20 heavy (non-hydrogen) atoms. The number of hydrogen-bond acceptors (Lipinski definition) is 5. The molecule has 2 unspecified atom stereocenters. The van der Waals surface area contributed by atoms with Gasteiger partial charge in [0, 0.05) is 19.1 Å². The molecule has 0 fully saturated rings. The fourth-order valence-corrected chi connectivity index (χ4v) is 2.25. The van der Waals surface area contributed by atoms with Gasteiger partial charge in [0.05, 0.1) is 6.10 Å². The average Bonchev–Trinajstić information content (AvgIpc) is 2.43. The van der Waals surface area contributed by atoms with Gasteiger partial charge in [0.15, 0.2) is 11.5 Å². The SMILES string of the molecule is CC(NCC(O)CN(C)C)c1ccc2c(c1)OCCO2. The monoisotopic (exact) mass is 280 g/mol. The van der Waals surface area contributed by atoms with E-state index in [-0.39, 0.29) is 12.1 Å². The van der Waals surface area contributed by atoms with Crippen molar-refractivity contribution in [1.29, 1.82) is 0 Å². The Morgan fingerprint density at radius 3 is 2.65 bits per heavy atom. The van der Waals surface area contributed by atoms with Crippen LogP contribution in [0.4, 0.5) is 0 Å². The van der Waals surface area contributed by atoms with E-state index in [0.29, 0.717) is 26.3 Å². The first-order chi connectivity index (χ1) is 9.56. The smallest absolute Gasteiger partial charge is 0.161 e. The first-order valence-corrected chi connectivity index (χ1v) is 7.02. The lowest BCUT2D eigenvalue weighted by atomic mass is 10.1. The molecule has 5 heteroatoms. The molecule has 2 atom stereocenters. The van der Waals surface area contributed by atoms with E-state index in [1.807, 2.05) is 37.2 Å². The van der Waals surface area contributed by atoms with Crippen molar-refractivity contribution in [2.24, 2.45) is 0 Å². The van der Waals surface area contributed by atoms with Crippen LogP contribution in [0.5, 0.6) is 11.5 Å². The van der Waals surface area contributed by atoms with Crippen molar-refractivity contribution in [1.82, 2.24) is 10.2 Å². The summed E-state index contributed by atoms with van der Waals surface area (Å²) in [6.45, 7) is 4.50. The van der Waals surface area contributed by atoms with Gasteiger partial charge in [-0.25, -0.2) is 0 Å². The van der Waals surface area contributed by atoms with Gasteiger partial charge in [0.25, 0.3) is 0 Å². The molecule has 5 nitrogen and oxygen atoms in total. The molecule has 1 aliphatic heterocycles. The van der Waals surface area contributed by atoms with Crippen LogP contribution in [0.15, 0.2) is 18.2 Å². The summed E-state index contributed by atoms with van der Waals surface area (Å²) in [6, 6.07) is 6.13. The van der Waals surface area contributed by atoms with Crippen LogP contribution < -0.4 is 14.8 Å². The summed E-state index contributed by atoms with van der Waals surface area (Å²) in [4.78, 5) is 1.97. The summed E-state index contributed by atoms with van der Waals surface area (Å²) in [5, 5.41) is 13.2. The number of nitrogens with zero attached hydrogens (tertiary/aromatic N) is 1. The predicted molar refractivity (Wildman–Crippen MR) is 78.4 cm³/mol. The Hall–Kier alpha value is -1.30. The van der Waals surface area contributed by atoms with Crippen LogP contribution >= 0.6 is 0 Å². The van der Waals surface area contributed by atoms with Crippen molar-refractivity contribution in [3.63, 3.8) is 0 Å². The normalized spacial score (nSPS) is 17.1. The highest BCUT2D eigenvalue weighted by atomic mass is 16.6. The van der Waals surface area contributed by atoms with E-state index >= 15 is 0 Å². The second kappa shape index (κ2) is 6.92. The summed E-state index contributed by atoms with van der Waals surface area (Å²) >= 11 is 0. The van der Waals surface area contributed by atoms with Crippen molar-refractivity contribution < 1.29 is 14.6 Å². The third-order valence-corrected chi connectivity index (χ3v) is 3.30. The standard InChI is InChI=1S/C15H24N2O3/c1-11(16-9-13(18)10-17(2)3)12-4-5-14-15(8-12)20-7-6-19-14/h4-5,8,11,13,16,18H,6-7,9-10H2,1-3H3. The fraction of sp³-hybridized carbons (Fsp3) is 0.600. The van der Waals surface area contributed by atoms with Crippen LogP contribution in [0, 0.1) is 0 Å². The lowest BCUT2D eigenvalue weighted by Crippen LogP contribution is -2.36. The van der Waals surface area contributed by atoms with E-state index in [0.717, 1.165) is 17.1 Å². The molecular weight excluding hydrogens is 256 g/mol. The van der Waals surface area contributed by atoms with Gasteiger partial charge in [-0.3, -0.25) is 0 Å². The minimum atomic E-state index is -0.371. The number of rotatable bonds is 6. The van der Waals surface area contributed by atoms with Crippen molar-refractivity contribution >= 4 is 0 Å². The molecule has 1 heterocycles. The molecule has 0 aliphatic carbocycles. The summed E-state index contributed by atoms with van der Waals surface area (Å²) in [6.07, 6.45) is -0.371. The summed E-state index contributed by atoms with van der Waals surface area (Å²) in [5.74, 6) is 1.61. The molecule has 0 saturated carbocycles. The molecule has 0 saturated heterocycles. The first-order valence-electron chi connectivity index (χ1n) is 7.02. The van der Waals surface area contributed by atoms with E-state index in [4.69, 9.17) is 9.47 Å². The largest absolute Gasteiger partial charge is 0.486 e. The van der Waals surface area contributed by atoms with E-state index in [9.17, 15) is 5.11 Å². The fourth-order valence-electron chi connectivity index (χ4n) is 2.25. The molecule has 2 rings (SSSR count). The Morgan fingerprint density at radius 1 is 1.25 bits per heavy atom. The lowest BCUT2D eigenvalue weighted by Gasteiger charge is -2.22. The number of likely N-dealkylation sites (N-methyl/N-ethyl adjacent to an activating group) is 1. The molecule has 112 valence electrons. The van der Waals surface area contributed by atoms with Gasteiger partial charge in [-0.1, -0.05) is 6.07 Å². The molecule has 1 aromatic carbocycles. The number of fused-ring (bicyclic) bond motifs is 1. The van der Waals surface area contributed by atoms with Crippen molar-refractivity contribution in [2.75, 3.05) is 40.4 Å². The number of hydrogen-bond donors (Lipinski definition) is 2. The maximum absolute atomic E-state index is 9.86. The number of benzene rings is 1. The minimum Gasteiger partial charge on any atom is -0.486 e. The molecule has 1 aliphatic rings. The lowest BCUT2D eigenvalue weighted by molar-refractivity contribution is 0.132. The van der Waals surface area contributed by atoms with Crippen molar-refractivity contribution in [3.8, 4) is 11.5 Å². The van der Waals surface area contributed by atoms with E-state index in [2.05, 4.69) is 12.2 Å². The molecular formula is C15H24N2O3. The molecule has 0 aromatic heterocycles. The molecule has 0 radical (unpaired) electrons. The zero-order chi connectivity index (χ0) is 14.5. The topological polar surface area (TPSA) is 54.0 Å². The van der Waals surface area contributed by atoms with Crippen molar-refractivity contribution in [3.05, 3.63) is 23.8 Å². The average molecular weight is 280 g/mol. The quantitative estimate of drug-likeness (QED) is 0.815. The van der Waals surface area contributed by atoms with E-state index in [1.165, 1.54) is 0 Å². The highest BCUT2D eigenvalue weighted by Crippen LogP contribution is 2.32. The highest BCUT2D eigenvalue weighted by Gasteiger charge is 2.15. The van der Waals surface area contributed by atoms with Crippen LogP contribution in [0.1, 0.15) is 18.5 Å². The summed E-state index contributed by atoms with van der Waals surface area (Å²) < 4.78 is 11.1. The van der Waals surface area contributed by atoms with Crippen LogP contribution in [0.25, 0.3) is 0 Å². The number of ether oxygens (including phenoxy) is 2. The Labute approximate surface area is 120 Å². The Morgan fingerprint density at radius 2 is 1.95 bits per heavy atom. The van der Waals surface area contributed by atoms with Crippen LogP contribution in [-0.4, -0.2) is 56.5 Å². The minimum absolute atomic E-state index is 0.155. The maximum Gasteiger partial charge on any atom is 0.161 e. The van der Waals surface area contributed by atoms with Gasteiger partial charge < -0.3 is 24.8 Å². The van der Waals surface area contributed by atoms with Crippen LogP contribution in [0.3, 0.4) is 0 Å². The summed E-state index contributed by atoms with van der Waals surface area (Å²) in [5.41, 5.74) is 1.13. The van der Waals surface area contributed by atoms with E-state index < -0.39 is 0 Å². The van der Waals surface area contributed by atoms with Crippen LogP contribution in [0.2, 0.25) is 0 Å². The first kappa shape index (κ1) is 15.1. The second-order valence-electron chi connectivity index (χ2n) is 5.45. The third-order valence-electron chi connectivity index (χ3n) is 3.30.